The van der Waals surface area contributed by atoms with Gasteiger partial charge in [-0.25, -0.2) is 0 Å². The average molecular weight is 189 g/mol. The molecule has 0 aromatic heterocycles. The Hall–Kier alpha value is -1.41. The van der Waals surface area contributed by atoms with E-state index in [9.17, 15) is 0 Å². The minimum absolute atomic E-state index is 0.598. The summed E-state index contributed by atoms with van der Waals surface area (Å²) in [6.45, 7) is 5.51. The molecule has 0 N–H and O–H groups in total. The van der Waals surface area contributed by atoms with Gasteiger partial charge in [0.1, 0.15) is 0 Å². The zero-order chi connectivity index (χ0) is 10.1. The van der Waals surface area contributed by atoms with Crippen LogP contribution in [0.1, 0.15) is 5.56 Å². The fraction of sp³-hybridized carbons (Fsp3) is 0.250. The van der Waals surface area contributed by atoms with E-state index in [-0.39, 0.29) is 0 Å². The average Bonchev–Trinajstić information content (AvgIpc) is 2.25. The molecule has 1 aromatic carbocycles. The molecule has 2 nitrogen and oxygen atoms in total. The quantitative estimate of drug-likeness (QED) is 0.382. The van der Waals surface area contributed by atoms with Crippen LogP contribution in [0.3, 0.4) is 0 Å². The van der Waals surface area contributed by atoms with Crippen molar-refractivity contribution in [2.24, 2.45) is 4.99 Å². The van der Waals surface area contributed by atoms with Gasteiger partial charge in [0.2, 0.25) is 0 Å². The topological polar surface area (TPSA) is 21.6 Å². The van der Waals surface area contributed by atoms with E-state index in [4.69, 9.17) is 4.74 Å². The summed E-state index contributed by atoms with van der Waals surface area (Å²) in [4.78, 5) is 4.23. The Balaban J connectivity index is 2.18. The summed E-state index contributed by atoms with van der Waals surface area (Å²) in [5.41, 5.74) is 1.12. The predicted octanol–water partition coefficient (Wildman–Crippen LogP) is 2.31. The first kappa shape index (κ1) is 10.7. The molecule has 1 aromatic rings. The van der Waals surface area contributed by atoms with Gasteiger partial charge in [0.05, 0.1) is 19.8 Å². The SMILES string of the molecule is C=CCOCCN=Cc1ccccc1. The van der Waals surface area contributed by atoms with Gasteiger partial charge in [0, 0.05) is 6.21 Å². The van der Waals surface area contributed by atoms with E-state index in [0.29, 0.717) is 19.8 Å². The van der Waals surface area contributed by atoms with E-state index >= 15 is 0 Å². The van der Waals surface area contributed by atoms with Crippen LogP contribution in [0.5, 0.6) is 0 Å². The van der Waals surface area contributed by atoms with Gasteiger partial charge in [-0.05, 0) is 5.56 Å². The minimum atomic E-state index is 0.598. The Morgan fingerprint density at radius 2 is 2.07 bits per heavy atom. The standard InChI is InChI=1S/C12H15NO/c1-2-9-14-10-8-13-11-12-6-4-3-5-7-12/h2-7,11H,1,8-10H2. The molecular weight excluding hydrogens is 174 g/mol. The van der Waals surface area contributed by atoms with Gasteiger partial charge >= 0.3 is 0 Å². The largest absolute Gasteiger partial charge is 0.375 e. The third kappa shape index (κ3) is 4.58. The molecule has 14 heavy (non-hydrogen) atoms. The highest BCUT2D eigenvalue weighted by Gasteiger charge is 1.84. The lowest BCUT2D eigenvalue weighted by Gasteiger charge is -1.96. The van der Waals surface area contributed by atoms with E-state index in [1.165, 1.54) is 0 Å². The van der Waals surface area contributed by atoms with Crippen LogP contribution < -0.4 is 0 Å². The maximum Gasteiger partial charge on any atom is 0.0666 e. The van der Waals surface area contributed by atoms with Crippen molar-refractivity contribution in [2.45, 2.75) is 0 Å². The molecule has 0 heterocycles. The molecular formula is C12H15NO. The van der Waals surface area contributed by atoms with Crippen molar-refractivity contribution in [2.75, 3.05) is 19.8 Å². The number of ether oxygens (including phenoxy) is 1. The predicted molar refractivity (Wildman–Crippen MR) is 59.9 cm³/mol. The maximum absolute atomic E-state index is 5.19. The van der Waals surface area contributed by atoms with Gasteiger partial charge in [-0.2, -0.15) is 0 Å². The van der Waals surface area contributed by atoms with E-state index < -0.39 is 0 Å². The van der Waals surface area contributed by atoms with Crippen LogP contribution >= 0.6 is 0 Å². The third-order valence-electron chi connectivity index (χ3n) is 1.64. The highest BCUT2D eigenvalue weighted by Crippen LogP contribution is 1.93. The highest BCUT2D eigenvalue weighted by molar-refractivity contribution is 5.79. The fourth-order valence-corrected chi connectivity index (χ4v) is 0.993. The first-order valence-electron chi connectivity index (χ1n) is 4.67. The Kier molecular flexibility index (Phi) is 5.36. The molecule has 0 radical (unpaired) electrons. The van der Waals surface area contributed by atoms with Crippen molar-refractivity contribution >= 4 is 6.21 Å². The minimum Gasteiger partial charge on any atom is -0.375 e. The van der Waals surface area contributed by atoms with E-state index in [1.54, 1.807) is 6.08 Å². The highest BCUT2D eigenvalue weighted by atomic mass is 16.5. The van der Waals surface area contributed by atoms with Crippen molar-refractivity contribution in [1.82, 2.24) is 0 Å². The Morgan fingerprint density at radius 3 is 2.79 bits per heavy atom. The van der Waals surface area contributed by atoms with Crippen molar-refractivity contribution in [3.63, 3.8) is 0 Å². The Bertz CT molecular complexity index is 280. The molecule has 1 rings (SSSR count). The van der Waals surface area contributed by atoms with Crippen molar-refractivity contribution in [3.8, 4) is 0 Å². The van der Waals surface area contributed by atoms with Crippen molar-refractivity contribution in [1.29, 1.82) is 0 Å². The molecule has 0 saturated heterocycles. The molecule has 0 amide bonds. The Morgan fingerprint density at radius 1 is 1.29 bits per heavy atom. The summed E-state index contributed by atoms with van der Waals surface area (Å²) < 4.78 is 5.19. The molecule has 0 aliphatic rings. The van der Waals surface area contributed by atoms with Crippen LogP contribution in [0, 0.1) is 0 Å². The number of nitrogens with zero attached hydrogens (tertiary/aromatic N) is 1. The maximum atomic E-state index is 5.19. The molecule has 0 spiro atoms. The van der Waals surface area contributed by atoms with Crippen LogP contribution in [0.4, 0.5) is 0 Å². The fourth-order valence-electron chi connectivity index (χ4n) is 0.993. The molecule has 2 heteroatoms. The van der Waals surface area contributed by atoms with Crippen molar-refractivity contribution < 1.29 is 4.74 Å². The first-order chi connectivity index (χ1) is 6.93. The molecule has 0 aliphatic heterocycles. The smallest absolute Gasteiger partial charge is 0.0666 e. The monoisotopic (exact) mass is 189 g/mol. The Labute approximate surface area is 84.9 Å². The van der Waals surface area contributed by atoms with Gasteiger partial charge in [-0.1, -0.05) is 36.4 Å². The zero-order valence-corrected chi connectivity index (χ0v) is 8.23. The molecule has 74 valence electrons. The number of benzene rings is 1. The molecule has 0 unspecified atom stereocenters. The van der Waals surface area contributed by atoms with Gasteiger partial charge < -0.3 is 4.74 Å². The van der Waals surface area contributed by atoms with E-state index in [1.807, 2.05) is 36.5 Å². The number of rotatable bonds is 6. The second-order valence-electron chi connectivity index (χ2n) is 2.81. The normalized spacial score (nSPS) is 10.6. The summed E-state index contributed by atoms with van der Waals surface area (Å²) in [6.07, 6.45) is 3.60. The van der Waals surface area contributed by atoms with Crippen LogP contribution in [0.15, 0.2) is 48.0 Å². The van der Waals surface area contributed by atoms with Crippen LogP contribution in [-0.4, -0.2) is 26.0 Å². The van der Waals surface area contributed by atoms with Gasteiger partial charge in [0.25, 0.3) is 0 Å². The summed E-state index contributed by atoms with van der Waals surface area (Å²) >= 11 is 0. The molecule has 0 aliphatic carbocycles. The second kappa shape index (κ2) is 7.04. The third-order valence-corrected chi connectivity index (χ3v) is 1.64. The van der Waals surface area contributed by atoms with E-state index in [2.05, 4.69) is 11.6 Å². The van der Waals surface area contributed by atoms with E-state index in [0.717, 1.165) is 5.56 Å². The van der Waals surface area contributed by atoms with Gasteiger partial charge in [0.15, 0.2) is 0 Å². The number of hydrogen-bond donors (Lipinski definition) is 0. The molecule has 0 saturated carbocycles. The zero-order valence-electron chi connectivity index (χ0n) is 8.23. The van der Waals surface area contributed by atoms with Gasteiger partial charge in [-0.3, -0.25) is 4.99 Å². The van der Waals surface area contributed by atoms with Crippen LogP contribution in [0.2, 0.25) is 0 Å². The summed E-state index contributed by atoms with van der Waals surface area (Å²) in [5, 5.41) is 0. The van der Waals surface area contributed by atoms with Crippen LogP contribution in [0.25, 0.3) is 0 Å². The summed E-state index contributed by atoms with van der Waals surface area (Å²) in [6, 6.07) is 10.0. The lowest BCUT2D eigenvalue weighted by molar-refractivity contribution is 0.171. The van der Waals surface area contributed by atoms with Gasteiger partial charge in [-0.15, -0.1) is 6.58 Å². The summed E-state index contributed by atoms with van der Waals surface area (Å²) in [5.74, 6) is 0. The number of hydrogen-bond acceptors (Lipinski definition) is 2. The lowest BCUT2D eigenvalue weighted by Crippen LogP contribution is -1.97. The molecule has 0 bridgehead atoms. The lowest BCUT2D eigenvalue weighted by atomic mass is 10.2. The van der Waals surface area contributed by atoms with Crippen LogP contribution in [-0.2, 0) is 4.74 Å². The molecule has 0 atom stereocenters. The second-order valence-corrected chi connectivity index (χ2v) is 2.81. The summed E-state index contributed by atoms with van der Waals surface area (Å²) in [7, 11) is 0. The first-order valence-corrected chi connectivity index (χ1v) is 4.67. The molecule has 0 fully saturated rings. The number of aliphatic imine (C=N–C) groups is 1. The van der Waals surface area contributed by atoms with Crippen molar-refractivity contribution in [3.05, 3.63) is 48.6 Å².